The summed E-state index contributed by atoms with van der Waals surface area (Å²) in [5.74, 6) is -0.451. The van der Waals surface area contributed by atoms with E-state index in [9.17, 15) is 9.59 Å². The molecular formula is C24H26Cl2N2O3. The molecule has 1 aromatic heterocycles. The Bertz CT molecular complexity index is 1130. The topological polar surface area (TPSA) is 51.5 Å². The van der Waals surface area contributed by atoms with Crippen LogP contribution in [0.4, 0.5) is 0 Å². The number of carbonyl (C=O) groups is 2. The molecule has 0 atom stereocenters. The van der Waals surface area contributed by atoms with Gasteiger partial charge in [-0.25, -0.2) is 4.79 Å². The van der Waals surface area contributed by atoms with E-state index >= 15 is 0 Å². The molecule has 0 unspecified atom stereocenters. The van der Waals surface area contributed by atoms with E-state index in [0.717, 1.165) is 22.6 Å². The zero-order valence-corrected chi connectivity index (χ0v) is 20.1. The fraction of sp³-hybridized carbons (Fsp3) is 0.333. The molecule has 164 valence electrons. The molecule has 0 N–H and O–H groups in total. The van der Waals surface area contributed by atoms with Gasteiger partial charge in [-0.1, -0.05) is 37.0 Å². The second-order valence-electron chi connectivity index (χ2n) is 8.08. The van der Waals surface area contributed by atoms with Gasteiger partial charge < -0.3 is 14.2 Å². The first-order chi connectivity index (χ1) is 14.6. The number of rotatable bonds is 5. The fourth-order valence-corrected chi connectivity index (χ4v) is 4.43. The Morgan fingerprint density at radius 3 is 2.42 bits per heavy atom. The van der Waals surface area contributed by atoms with Crippen molar-refractivity contribution in [2.45, 2.75) is 34.6 Å². The maximum atomic E-state index is 13.2. The standard InChI is InChI=1S/C24H26Cl2N2O3/c1-13(2)12-27-16(5)22(24(30)31-6)19(23(27)29)10-17-9-14(3)28(15(17)4)21-8-7-18(25)11-20(21)26/h7-11,13H,12H2,1-6H3/b19-10-. The molecule has 1 aliphatic rings. The monoisotopic (exact) mass is 460 g/mol. The molecule has 31 heavy (non-hydrogen) atoms. The normalized spacial score (nSPS) is 15.6. The highest BCUT2D eigenvalue weighted by molar-refractivity contribution is 6.35. The molecule has 7 heteroatoms. The molecule has 0 aliphatic carbocycles. The van der Waals surface area contributed by atoms with Crippen molar-refractivity contribution in [1.82, 2.24) is 9.47 Å². The summed E-state index contributed by atoms with van der Waals surface area (Å²) < 4.78 is 6.98. The highest BCUT2D eigenvalue weighted by Crippen LogP contribution is 2.34. The number of ether oxygens (including phenoxy) is 1. The second-order valence-corrected chi connectivity index (χ2v) is 8.92. The summed E-state index contributed by atoms with van der Waals surface area (Å²) in [5, 5.41) is 1.09. The molecule has 2 aromatic rings. The maximum Gasteiger partial charge on any atom is 0.340 e. The molecule has 0 radical (unpaired) electrons. The Hall–Kier alpha value is -2.50. The third-order valence-electron chi connectivity index (χ3n) is 5.37. The highest BCUT2D eigenvalue weighted by atomic mass is 35.5. The van der Waals surface area contributed by atoms with Crippen LogP contribution in [-0.2, 0) is 14.3 Å². The first-order valence-electron chi connectivity index (χ1n) is 10.0. The smallest absolute Gasteiger partial charge is 0.340 e. The van der Waals surface area contributed by atoms with Crippen LogP contribution in [0.25, 0.3) is 11.8 Å². The molecule has 1 aliphatic heterocycles. The lowest BCUT2D eigenvalue weighted by Crippen LogP contribution is -2.28. The molecule has 0 bridgehead atoms. The predicted octanol–water partition coefficient (Wildman–Crippen LogP) is 5.73. The number of allylic oxidation sites excluding steroid dienone is 1. The SMILES string of the molecule is COC(=O)C1=C(C)N(CC(C)C)C(=O)/C1=C\c1cc(C)n(-c2ccc(Cl)cc2Cl)c1C. The van der Waals surface area contributed by atoms with Gasteiger partial charge in [0.25, 0.3) is 5.91 Å². The van der Waals surface area contributed by atoms with Gasteiger partial charge in [-0.2, -0.15) is 0 Å². The van der Waals surface area contributed by atoms with Crippen LogP contribution in [0, 0.1) is 19.8 Å². The largest absolute Gasteiger partial charge is 0.465 e. The summed E-state index contributed by atoms with van der Waals surface area (Å²) in [4.78, 5) is 27.4. The molecular weight excluding hydrogens is 435 g/mol. The van der Waals surface area contributed by atoms with Crippen LogP contribution in [0.3, 0.4) is 0 Å². The van der Waals surface area contributed by atoms with E-state index in [1.165, 1.54) is 7.11 Å². The first-order valence-corrected chi connectivity index (χ1v) is 10.8. The molecule has 0 saturated carbocycles. The average Bonchev–Trinajstić information content (AvgIpc) is 3.09. The number of carbonyl (C=O) groups excluding carboxylic acids is 2. The van der Waals surface area contributed by atoms with Crippen molar-refractivity contribution in [3.63, 3.8) is 0 Å². The quantitative estimate of drug-likeness (QED) is 0.422. The van der Waals surface area contributed by atoms with Gasteiger partial charge in [0, 0.05) is 28.7 Å². The van der Waals surface area contributed by atoms with Gasteiger partial charge in [-0.3, -0.25) is 4.79 Å². The number of esters is 1. The van der Waals surface area contributed by atoms with Crippen molar-refractivity contribution in [2.75, 3.05) is 13.7 Å². The average molecular weight is 461 g/mol. The summed E-state index contributed by atoms with van der Waals surface area (Å²) in [5.41, 5.74) is 4.73. The van der Waals surface area contributed by atoms with Gasteiger partial charge in [-0.05, 0) is 62.6 Å². The van der Waals surface area contributed by atoms with E-state index in [0.29, 0.717) is 33.4 Å². The predicted molar refractivity (Wildman–Crippen MR) is 125 cm³/mol. The minimum atomic E-state index is -0.516. The van der Waals surface area contributed by atoms with E-state index in [1.807, 2.05) is 44.4 Å². The van der Waals surface area contributed by atoms with Crippen molar-refractivity contribution in [3.8, 4) is 5.69 Å². The van der Waals surface area contributed by atoms with E-state index in [4.69, 9.17) is 27.9 Å². The van der Waals surface area contributed by atoms with E-state index < -0.39 is 5.97 Å². The van der Waals surface area contributed by atoms with Crippen LogP contribution in [0.2, 0.25) is 10.0 Å². The summed E-state index contributed by atoms with van der Waals surface area (Å²) in [6.07, 6.45) is 1.76. The minimum absolute atomic E-state index is 0.194. The van der Waals surface area contributed by atoms with Crippen molar-refractivity contribution in [2.24, 2.45) is 5.92 Å². The Morgan fingerprint density at radius 2 is 1.84 bits per heavy atom. The maximum absolute atomic E-state index is 13.2. The zero-order chi connectivity index (χ0) is 23.0. The number of nitrogens with zero attached hydrogens (tertiary/aromatic N) is 2. The number of aryl methyl sites for hydroxylation is 1. The number of halogens is 2. The fourth-order valence-electron chi connectivity index (χ4n) is 3.94. The lowest BCUT2D eigenvalue weighted by Gasteiger charge is -2.19. The van der Waals surface area contributed by atoms with Gasteiger partial charge >= 0.3 is 5.97 Å². The molecule has 5 nitrogen and oxygen atoms in total. The van der Waals surface area contributed by atoms with E-state index in [1.54, 1.807) is 30.0 Å². The van der Waals surface area contributed by atoms with E-state index in [2.05, 4.69) is 0 Å². The van der Waals surface area contributed by atoms with Gasteiger partial charge in [0.1, 0.15) is 0 Å². The van der Waals surface area contributed by atoms with Crippen molar-refractivity contribution < 1.29 is 14.3 Å². The molecule has 0 spiro atoms. The third-order valence-corrected chi connectivity index (χ3v) is 5.91. The number of methoxy groups -OCH3 is 1. The Kier molecular flexibility index (Phi) is 6.68. The number of hydrogen-bond donors (Lipinski definition) is 0. The summed E-state index contributed by atoms with van der Waals surface area (Å²) in [6, 6.07) is 7.30. The van der Waals surface area contributed by atoms with Crippen LogP contribution in [0.5, 0.6) is 0 Å². The van der Waals surface area contributed by atoms with Crippen LogP contribution >= 0.6 is 23.2 Å². The highest BCUT2D eigenvalue weighted by Gasteiger charge is 2.37. The molecule has 1 amide bonds. The van der Waals surface area contributed by atoms with Gasteiger partial charge in [0.2, 0.25) is 0 Å². The van der Waals surface area contributed by atoms with Gasteiger partial charge in [-0.15, -0.1) is 0 Å². The zero-order valence-electron chi connectivity index (χ0n) is 18.5. The summed E-state index contributed by atoms with van der Waals surface area (Å²) >= 11 is 12.5. The third kappa shape index (κ3) is 4.30. The van der Waals surface area contributed by atoms with Gasteiger partial charge in [0.05, 0.1) is 29.0 Å². The molecule has 0 saturated heterocycles. The Labute approximate surface area is 192 Å². The molecule has 3 rings (SSSR count). The number of amides is 1. The number of aromatic nitrogens is 1. The van der Waals surface area contributed by atoms with Gasteiger partial charge in [0.15, 0.2) is 0 Å². The number of benzene rings is 1. The second kappa shape index (κ2) is 8.93. The first kappa shape index (κ1) is 23.2. The van der Waals surface area contributed by atoms with Crippen molar-refractivity contribution in [3.05, 3.63) is 68.1 Å². The molecule has 0 fully saturated rings. The van der Waals surface area contributed by atoms with Crippen molar-refractivity contribution >= 4 is 41.2 Å². The molecule has 2 heterocycles. The lowest BCUT2D eigenvalue weighted by atomic mass is 10.0. The van der Waals surface area contributed by atoms with Crippen LogP contribution in [-0.4, -0.2) is 35.0 Å². The molecule has 1 aromatic carbocycles. The Balaban J connectivity index is 2.14. The van der Waals surface area contributed by atoms with Crippen LogP contribution in [0.15, 0.2) is 41.1 Å². The van der Waals surface area contributed by atoms with Crippen LogP contribution < -0.4 is 0 Å². The summed E-state index contributed by atoms with van der Waals surface area (Å²) in [7, 11) is 1.32. The van der Waals surface area contributed by atoms with E-state index in [-0.39, 0.29) is 11.8 Å². The Morgan fingerprint density at radius 1 is 1.16 bits per heavy atom. The lowest BCUT2D eigenvalue weighted by molar-refractivity contribution is -0.136. The van der Waals surface area contributed by atoms with Crippen LogP contribution in [0.1, 0.15) is 37.7 Å². The summed E-state index contributed by atoms with van der Waals surface area (Å²) in [6.45, 7) is 10.3. The minimum Gasteiger partial charge on any atom is -0.465 e. The number of hydrogen-bond acceptors (Lipinski definition) is 3. The van der Waals surface area contributed by atoms with Crippen molar-refractivity contribution in [1.29, 1.82) is 0 Å².